The van der Waals surface area contributed by atoms with Crippen LogP contribution in [0, 0.1) is 6.92 Å². The maximum absolute atomic E-state index is 13.5. The molecular weight excluding hydrogens is 547 g/mol. The van der Waals surface area contributed by atoms with Gasteiger partial charge in [0.2, 0.25) is 0 Å². The van der Waals surface area contributed by atoms with E-state index in [0.29, 0.717) is 22.7 Å². The molecule has 9 nitrogen and oxygen atoms in total. The average Bonchev–Trinajstić information content (AvgIpc) is 3.50. The quantitative estimate of drug-likeness (QED) is 0.217. The molecule has 0 unspecified atom stereocenters. The van der Waals surface area contributed by atoms with Gasteiger partial charge >= 0.3 is 12.2 Å². The van der Waals surface area contributed by atoms with E-state index in [2.05, 4.69) is 31.3 Å². The summed E-state index contributed by atoms with van der Waals surface area (Å²) in [5.74, 6) is 0.0821. The van der Waals surface area contributed by atoms with E-state index in [1.165, 1.54) is 48.8 Å². The van der Waals surface area contributed by atoms with Crippen LogP contribution in [0.1, 0.15) is 70.6 Å². The number of carbonyl (C=O) groups is 2. The largest absolute Gasteiger partial charge is 0.416 e. The smallest absolute Gasteiger partial charge is 0.308 e. The van der Waals surface area contributed by atoms with Crippen LogP contribution in [0.4, 0.5) is 35.3 Å². The van der Waals surface area contributed by atoms with Crippen LogP contribution in [0.5, 0.6) is 0 Å². The Hall–Kier alpha value is -4.74. The fourth-order valence-electron chi connectivity index (χ4n) is 5.17. The van der Waals surface area contributed by atoms with Crippen molar-refractivity contribution in [3.8, 4) is 0 Å². The highest BCUT2D eigenvalue weighted by Crippen LogP contribution is 2.35. The molecule has 0 saturated heterocycles. The van der Waals surface area contributed by atoms with Gasteiger partial charge in [0.25, 0.3) is 11.9 Å². The number of H-pyrrole nitrogens is 1. The molecule has 0 bridgehead atoms. The van der Waals surface area contributed by atoms with Gasteiger partial charge in [-0.1, -0.05) is 54.7 Å². The first-order valence-corrected chi connectivity index (χ1v) is 13.7. The van der Waals surface area contributed by atoms with E-state index in [0.717, 1.165) is 18.9 Å². The predicted molar refractivity (Wildman–Crippen MR) is 152 cm³/mol. The first kappa shape index (κ1) is 28.8. The van der Waals surface area contributed by atoms with E-state index in [1.807, 2.05) is 24.3 Å². The van der Waals surface area contributed by atoms with Crippen LogP contribution in [0.2, 0.25) is 0 Å². The van der Waals surface area contributed by atoms with Crippen LogP contribution in [0.15, 0.2) is 66.7 Å². The number of rotatable bonds is 7. The number of nitrogens with one attached hydrogen (secondary N) is 3. The fourth-order valence-corrected chi connectivity index (χ4v) is 5.17. The Morgan fingerprint density at radius 2 is 1.67 bits per heavy atom. The molecule has 0 atom stereocenters. The number of hydrogen-bond acceptors (Lipinski definition) is 5. The highest BCUT2D eigenvalue weighted by atomic mass is 19.4. The lowest BCUT2D eigenvalue weighted by atomic mass is 9.84. The van der Waals surface area contributed by atoms with Gasteiger partial charge in [0, 0.05) is 16.9 Å². The van der Waals surface area contributed by atoms with Gasteiger partial charge in [0.05, 0.1) is 12.1 Å². The van der Waals surface area contributed by atoms with Crippen molar-refractivity contribution in [1.29, 1.82) is 0 Å². The molecule has 42 heavy (non-hydrogen) atoms. The fraction of sp³-hybridized carbons (Fsp3) is 0.300. The molecule has 4 aromatic rings. The summed E-state index contributed by atoms with van der Waals surface area (Å²) in [6.45, 7) is 1.49. The van der Waals surface area contributed by atoms with Crippen molar-refractivity contribution in [2.24, 2.45) is 0 Å². The summed E-state index contributed by atoms with van der Waals surface area (Å²) in [6, 6.07) is 17.5. The summed E-state index contributed by atoms with van der Waals surface area (Å²) in [4.78, 5) is 27.5. The molecule has 1 aromatic heterocycles. The van der Waals surface area contributed by atoms with Crippen LogP contribution in [-0.4, -0.2) is 32.6 Å². The number of benzene rings is 3. The molecule has 1 aliphatic rings. The maximum Gasteiger partial charge on any atom is 0.416 e. The molecule has 3 aromatic carbocycles. The first-order chi connectivity index (χ1) is 20.2. The molecular formula is C30H30F3N7O2. The van der Waals surface area contributed by atoms with Gasteiger partial charge in [0.15, 0.2) is 0 Å². The third-order valence-electron chi connectivity index (χ3n) is 7.45. The second-order valence-corrected chi connectivity index (χ2v) is 10.4. The molecule has 1 saturated carbocycles. The van der Waals surface area contributed by atoms with Crippen molar-refractivity contribution in [3.63, 3.8) is 0 Å². The van der Waals surface area contributed by atoms with Gasteiger partial charge in [-0.25, -0.2) is 4.79 Å². The molecule has 1 fully saturated rings. The SMILES string of the molecule is Cc1ccc(NC(=O)N(Cc2ccc(C(=O)Nc3nn[nH]n3)cc2)c2ccc(C3CCCCC3)cc2)cc1C(F)(F)F. The summed E-state index contributed by atoms with van der Waals surface area (Å²) < 4.78 is 40.5. The highest BCUT2D eigenvalue weighted by Gasteiger charge is 2.32. The number of aryl methyl sites for hydroxylation is 1. The second-order valence-electron chi connectivity index (χ2n) is 10.4. The molecule has 0 aliphatic heterocycles. The molecule has 3 N–H and O–H groups in total. The minimum absolute atomic E-state index is 0.0355. The molecule has 5 rings (SSSR count). The molecule has 3 amide bonds. The highest BCUT2D eigenvalue weighted by molar-refractivity contribution is 6.03. The van der Waals surface area contributed by atoms with E-state index in [9.17, 15) is 22.8 Å². The summed E-state index contributed by atoms with van der Waals surface area (Å²) in [5, 5.41) is 18.2. The third kappa shape index (κ3) is 6.93. The van der Waals surface area contributed by atoms with E-state index in [1.54, 1.807) is 24.3 Å². The van der Waals surface area contributed by atoms with Gasteiger partial charge in [-0.15, -0.1) is 5.10 Å². The predicted octanol–water partition coefficient (Wildman–Crippen LogP) is 7.07. The maximum atomic E-state index is 13.5. The number of nitrogens with zero attached hydrogens (tertiary/aromatic N) is 4. The van der Waals surface area contributed by atoms with Crippen LogP contribution < -0.4 is 15.5 Å². The average molecular weight is 578 g/mol. The van der Waals surface area contributed by atoms with E-state index in [-0.39, 0.29) is 23.7 Å². The number of aromatic nitrogens is 4. The number of alkyl halides is 3. The summed E-state index contributed by atoms with van der Waals surface area (Å²) >= 11 is 0. The molecule has 0 spiro atoms. The third-order valence-corrected chi connectivity index (χ3v) is 7.45. The standard InChI is InChI=1S/C30H30F3N7O2/c1-19-7-14-24(17-26(19)30(31,32)33)34-29(42)40(25-15-12-22(13-16-25)21-5-3-2-4-6-21)18-20-8-10-23(11-9-20)27(41)35-28-36-38-39-37-28/h7-17,21H,2-6,18H2,1H3,(H,34,42)(H2,35,36,37,38,39,41). The number of amides is 3. The van der Waals surface area contributed by atoms with Crippen molar-refractivity contribution >= 4 is 29.3 Å². The zero-order chi connectivity index (χ0) is 29.7. The molecule has 1 aliphatic carbocycles. The second kappa shape index (κ2) is 12.4. The topological polar surface area (TPSA) is 116 Å². The number of aromatic amines is 1. The molecule has 218 valence electrons. The van der Waals surface area contributed by atoms with Crippen molar-refractivity contribution in [2.45, 2.75) is 57.7 Å². The minimum atomic E-state index is -4.54. The zero-order valence-electron chi connectivity index (χ0n) is 22.9. The molecule has 0 radical (unpaired) electrons. The van der Waals surface area contributed by atoms with Crippen molar-refractivity contribution < 1.29 is 22.8 Å². The number of carbonyl (C=O) groups excluding carboxylic acids is 2. The first-order valence-electron chi connectivity index (χ1n) is 13.7. The van der Waals surface area contributed by atoms with Gasteiger partial charge in [-0.05, 0) is 84.0 Å². The summed E-state index contributed by atoms with van der Waals surface area (Å²) in [5.41, 5.74) is 2.15. The van der Waals surface area contributed by atoms with Crippen LogP contribution in [0.25, 0.3) is 0 Å². The number of tetrazole rings is 1. The Kier molecular flexibility index (Phi) is 8.51. The molecule has 12 heteroatoms. The normalized spacial score (nSPS) is 13.9. The number of halogens is 3. The molecule has 1 heterocycles. The Balaban J connectivity index is 1.38. The number of hydrogen-bond donors (Lipinski definition) is 3. The van der Waals surface area contributed by atoms with E-state index in [4.69, 9.17) is 0 Å². The van der Waals surface area contributed by atoms with Crippen LogP contribution in [0.3, 0.4) is 0 Å². The number of urea groups is 1. The summed E-state index contributed by atoms with van der Waals surface area (Å²) in [7, 11) is 0. The lowest BCUT2D eigenvalue weighted by Gasteiger charge is -2.26. The zero-order valence-corrected chi connectivity index (χ0v) is 22.9. The lowest BCUT2D eigenvalue weighted by Crippen LogP contribution is -2.34. The van der Waals surface area contributed by atoms with Crippen molar-refractivity contribution in [3.05, 3.63) is 94.5 Å². The Morgan fingerprint density at radius 1 is 0.952 bits per heavy atom. The van der Waals surface area contributed by atoms with Crippen molar-refractivity contribution in [1.82, 2.24) is 20.6 Å². The Bertz CT molecular complexity index is 1520. The van der Waals surface area contributed by atoms with Gasteiger partial charge < -0.3 is 5.32 Å². The van der Waals surface area contributed by atoms with E-state index >= 15 is 0 Å². The van der Waals surface area contributed by atoms with Gasteiger partial charge in [0.1, 0.15) is 0 Å². The lowest BCUT2D eigenvalue weighted by molar-refractivity contribution is -0.138. The van der Waals surface area contributed by atoms with Crippen molar-refractivity contribution in [2.75, 3.05) is 15.5 Å². The monoisotopic (exact) mass is 577 g/mol. The van der Waals surface area contributed by atoms with Crippen LogP contribution >= 0.6 is 0 Å². The minimum Gasteiger partial charge on any atom is -0.308 e. The Labute approximate surface area is 240 Å². The van der Waals surface area contributed by atoms with Gasteiger partial charge in [-0.3, -0.25) is 15.0 Å². The van der Waals surface area contributed by atoms with Crippen LogP contribution in [-0.2, 0) is 12.7 Å². The Morgan fingerprint density at radius 3 is 2.31 bits per heavy atom. The number of anilines is 3. The van der Waals surface area contributed by atoms with Gasteiger partial charge in [-0.2, -0.15) is 18.4 Å². The van der Waals surface area contributed by atoms with E-state index < -0.39 is 23.7 Å². The summed E-state index contributed by atoms with van der Waals surface area (Å²) in [6.07, 6.45) is 1.35.